The van der Waals surface area contributed by atoms with Crippen LogP contribution in [-0.4, -0.2) is 6.71 Å². The van der Waals surface area contributed by atoms with Crippen molar-refractivity contribution >= 4 is 89.5 Å². The van der Waals surface area contributed by atoms with E-state index in [1.54, 1.807) is 0 Å². The number of hydrogen-bond acceptors (Lipinski definition) is 2. The zero-order chi connectivity index (χ0) is 43.9. The molecule has 0 aliphatic carbocycles. The molecule has 0 saturated heterocycles. The fraction of sp³-hybridized carbons (Fsp3) is 0.0476. The molecule has 310 valence electrons. The lowest BCUT2D eigenvalue weighted by Crippen LogP contribution is -2.61. The molecule has 11 aromatic rings. The van der Waals surface area contributed by atoms with Crippen LogP contribution in [0.3, 0.4) is 0 Å². The van der Waals surface area contributed by atoms with Gasteiger partial charge in [0, 0.05) is 39.5 Å². The van der Waals surface area contributed by atoms with Crippen LogP contribution in [0.1, 0.15) is 25.0 Å². The molecule has 0 bridgehead atoms. The fourth-order valence-corrected chi connectivity index (χ4v) is 11.3. The Kier molecular flexibility index (Phi) is 8.70. The molecule has 0 fully saturated rings. The van der Waals surface area contributed by atoms with E-state index in [9.17, 15) is 0 Å². The van der Waals surface area contributed by atoms with Gasteiger partial charge in [-0.3, -0.25) is 0 Å². The van der Waals surface area contributed by atoms with E-state index in [-0.39, 0.29) is 12.1 Å². The van der Waals surface area contributed by atoms with Gasteiger partial charge in [-0.1, -0.05) is 196 Å². The molecule has 0 aromatic heterocycles. The number of anilines is 6. The molecule has 0 radical (unpaired) electrons. The van der Waals surface area contributed by atoms with Crippen LogP contribution >= 0.6 is 0 Å². The number of benzene rings is 11. The van der Waals surface area contributed by atoms with Gasteiger partial charge in [0.2, 0.25) is 0 Å². The molecule has 2 nitrogen and oxygen atoms in total. The second kappa shape index (κ2) is 15.0. The lowest BCUT2D eigenvalue weighted by Gasteiger charge is -2.45. The number of para-hydroxylation sites is 3. The highest BCUT2D eigenvalue weighted by Crippen LogP contribution is 2.50. The Morgan fingerprint density at radius 1 is 0.333 bits per heavy atom. The molecular weight excluding hydrogens is 796 g/mol. The number of nitrogens with zero attached hydrogens (tertiary/aromatic N) is 2. The summed E-state index contributed by atoms with van der Waals surface area (Å²) in [5.74, 6) is 0. The largest absolute Gasteiger partial charge is 0.311 e. The van der Waals surface area contributed by atoms with Crippen molar-refractivity contribution in [3.63, 3.8) is 0 Å². The third-order valence-corrected chi connectivity index (χ3v) is 14.5. The molecule has 11 aromatic carbocycles. The molecule has 0 N–H and O–H groups in total. The average molecular weight is 841 g/mol. The molecule has 0 unspecified atom stereocenters. The molecule has 3 heteroatoms. The van der Waals surface area contributed by atoms with Crippen LogP contribution in [0.2, 0.25) is 0 Å². The van der Waals surface area contributed by atoms with Gasteiger partial charge in [-0.25, -0.2) is 0 Å². The SMILES string of the molecule is CC(C)(c1ccccc1)c1ccc2c(c1)N(c1ccccc1)c1cc(-c3c4ccccc4c(-c4ccc5ccccc5c4)c4ccccc34)cc3c1B2c1ccccc1N3c1ccccc1. The van der Waals surface area contributed by atoms with Crippen molar-refractivity contribution in [1.82, 2.24) is 0 Å². The van der Waals surface area contributed by atoms with E-state index in [4.69, 9.17) is 0 Å². The summed E-state index contributed by atoms with van der Waals surface area (Å²) in [5, 5.41) is 7.45. The number of fused-ring (bicyclic) bond motifs is 7. The third-order valence-electron chi connectivity index (χ3n) is 14.5. The molecule has 13 rings (SSSR count). The Bertz CT molecular complexity index is 3630. The maximum absolute atomic E-state index is 2.56. The Labute approximate surface area is 386 Å². The summed E-state index contributed by atoms with van der Waals surface area (Å²) >= 11 is 0. The minimum atomic E-state index is -0.231. The van der Waals surface area contributed by atoms with E-state index in [1.165, 1.54) is 105 Å². The zero-order valence-electron chi connectivity index (χ0n) is 37.0. The van der Waals surface area contributed by atoms with Gasteiger partial charge in [-0.05, 0) is 137 Å². The van der Waals surface area contributed by atoms with Crippen molar-refractivity contribution < 1.29 is 0 Å². The quantitative estimate of drug-likeness (QED) is 0.122. The Morgan fingerprint density at radius 2 is 0.818 bits per heavy atom. The molecular formula is C63H45BN2. The summed E-state index contributed by atoms with van der Waals surface area (Å²) in [6.07, 6.45) is 0. The normalized spacial score (nSPS) is 12.9. The lowest BCUT2D eigenvalue weighted by molar-refractivity contribution is 0.641. The Hall–Kier alpha value is -8.14. The molecule has 66 heavy (non-hydrogen) atoms. The van der Waals surface area contributed by atoms with Crippen molar-refractivity contribution in [1.29, 1.82) is 0 Å². The van der Waals surface area contributed by atoms with Crippen LogP contribution in [0.25, 0.3) is 54.6 Å². The van der Waals surface area contributed by atoms with Gasteiger partial charge in [0.25, 0.3) is 6.71 Å². The molecule has 0 atom stereocenters. The van der Waals surface area contributed by atoms with Gasteiger partial charge < -0.3 is 9.80 Å². The van der Waals surface area contributed by atoms with E-state index in [0.717, 1.165) is 11.4 Å². The maximum Gasteiger partial charge on any atom is 0.252 e. The summed E-state index contributed by atoms with van der Waals surface area (Å²) in [6, 6.07) is 88.0. The summed E-state index contributed by atoms with van der Waals surface area (Å²) in [5.41, 5.74) is 18.3. The number of hydrogen-bond donors (Lipinski definition) is 0. The van der Waals surface area contributed by atoms with Crippen molar-refractivity contribution in [2.75, 3.05) is 9.80 Å². The molecule has 2 heterocycles. The van der Waals surface area contributed by atoms with Crippen LogP contribution in [-0.2, 0) is 5.41 Å². The van der Waals surface area contributed by atoms with E-state index < -0.39 is 0 Å². The predicted octanol–water partition coefficient (Wildman–Crippen LogP) is 14.9. The minimum absolute atomic E-state index is 0.00725. The van der Waals surface area contributed by atoms with Gasteiger partial charge in [0.1, 0.15) is 0 Å². The van der Waals surface area contributed by atoms with Gasteiger partial charge in [-0.15, -0.1) is 0 Å². The highest BCUT2D eigenvalue weighted by Gasteiger charge is 2.44. The second-order valence-electron chi connectivity index (χ2n) is 18.4. The number of rotatable bonds is 6. The summed E-state index contributed by atoms with van der Waals surface area (Å²) in [4.78, 5) is 5.08. The van der Waals surface area contributed by atoms with Crippen LogP contribution < -0.4 is 26.2 Å². The molecule has 2 aliphatic heterocycles. The third kappa shape index (κ3) is 5.83. The molecule has 2 aliphatic rings. The molecule has 0 spiro atoms. The predicted molar refractivity (Wildman–Crippen MR) is 282 cm³/mol. The van der Waals surface area contributed by atoms with Gasteiger partial charge >= 0.3 is 0 Å². The lowest BCUT2D eigenvalue weighted by atomic mass is 9.33. The first-order valence-electron chi connectivity index (χ1n) is 23.1. The second-order valence-corrected chi connectivity index (χ2v) is 18.4. The van der Waals surface area contributed by atoms with Crippen molar-refractivity contribution in [2.24, 2.45) is 0 Å². The first-order valence-corrected chi connectivity index (χ1v) is 23.1. The monoisotopic (exact) mass is 840 g/mol. The standard InChI is InChI=1S/C63H45BN2/c1-63(2,46-22-6-3-7-23-46)47-36-37-55-57(41-47)66(49-26-10-5-11-27-49)59-40-45(39-58-62(59)64(55)54-32-18-19-33-56(54)65(58)48-24-8-4-9-25-48)61-52-30-16-14-28-50(52)60(51-29-15-17-31-53(51)61)44-35-34-42-20-12-13-21-43(42)38-44/h3-41H,1-2H3. The first kappa shape index (κ1) is 38.3. The zero-order valence-corrected chi connectivity index (χ0v) is 37.0. The van der Waals surface area contributed by atoms with Crippen LogP contribution in [0.15, 0.2) is 237 Å². The van der Waals surface area contributed by atoms with Crippen molar-refractivity contribution in [2.45, 2.75) is 19.3 Å². The van der Waals surface area contributed by atoms with E-state index >= 15 is 0 Å². The summed E-state index contributed by atoms with van der Waals surface area (Å²) in [6.45, 7) is 4.72. The summed E-state index contributed by atoms with van der Waals surface area (Å²) < 4.78 is 0. The van der Waals surface area contributed by atoms with E-state index in [2.05, 4.69) is 260 Å². The van der Waals surface area contributed by atoms with Gasteiger partial charge in [-0.2, -0.15) is 0 Å². The smallest absolute Gasteiger partial charge is 0.252 e. The first-order chi connectivity index (χ1) is 32.5. The van der Waals surface area contributed by atoms with E-state index in [0.29, 0.717) is 0 Å². The summed E-state index contributed by atoms with van der Waals surface area (Å²) in [7, 11) is 0. The average Bonchev–Trinajstić information content (AvgIpc) is 3.38. The fourth-order valence-electron chi connectivity index (χ4n) is 11.3. The maximum atomic E-state index is 2.56. The van der Waals surface area contributed by atoms with E-state index in [1.807, 2.05) is 0 Å². The topological polar surface area (TPSA) is 6.48 Å². The van der Waals surface area contributed by atoms with Crippen LogP contribution in [0.4, 0.5) is 34.1 Å². The Balaban J connectivity index is 1.14. The van der Waals surface area contributed by atoms with Crippen LogP contribution in [0.5, 0.6) is 0 Å². The molecule has 0 saturated carbocycles. The van der Waals surface area contributed by atoms with Gasteiger partial charge in [0.15, 0.2) is 0 Å². The van der Waals surface area contributed by atoms with Gasteiger partial charge in [0.05, 0.1) is 0 Å². The Morgan fingerprint density at radius 3 is 1.44 bits per heavy atom. The molecule has 0 amide bonds. The highest BCUT2D eigenvalue weighted by atomic mass is 15.2. The van der Waals surface area contributed by atoms with Crippen LogP contribution in [0, 0.1) is 0 Å². The van der Waals surface area contributed by atoms with Crippen molar-refractivity contribution in [3.8, 4) is 22.3 Å². The highest BCUT2D eigenvalue weighted by molar-refractivity contribution is 7.00. The minimum Gasteiger partial charge on any atom is -0.311 e. The van der Waals surface area contributed by atoms with Crippen molar-refractivity contribution in [3.05, 3.63) is 248 Å².